The number of aliphatic carboxylic acids is 1. The van der Waals surface area contributed by atoms with Gasteiger partial charge in [0.25, 0.3) is 0 Å². The number of hydrogen-bond donors (Lipinski definition) is 1. The minimum Gasteiger partial charge on any atom is -0.481 e. The van der Waals surface area contributed by atoms with Crippen LogP contribution in [-0.4, -0.2) is 59.5 Å². The zero-order chi connectivity index (χ0) is 18.4. The van der Waals surface area contributed by atoms with Crippen molar-refractivity contribution in [2.24, 2.45) is 11.8 Å². The maximum absolute atomic E-state index is 12.7. The van der Waals surface area contributed by atoms with Crippen LogP contribution in [0.3, 0.4) is 0 Å². The molecule has 1 amide bonds. The Hall–Kier alpha value is -2.14. The van der Waals surface area contributed by atoms with Crippen molar-refractivity contribution in [3.63, 3.8) is 0 Å². The number of rotatable bonds is 5. The lowest BCUT2D eigenvalue weighted by molar-refractivity contribution is -0.146. The maximum atomic E-state index is 12.7. The predicted molar refractivity (Wildman–Crippen MR) is 102 cm³/mol. The van der Waals surface area contributed by atoms with Crippen molar-refractivity contribution in [1.82, 2.24) is 9.80 Å². The molecule has 1 aromatic carbocycles. The SMILES string of the molecule is O=C(O)[C@H]1CCC[C@@H](C(=O)N2CCN(C/C=C/c3ccccc3)CC2)C1. The summed E-state index contributed by atoms with van der Waals surface area (Å²) in [4.78, 5) is 28.2. The highest BCUT2D eigenvalue weighted by Crippen LogP contribution is 2.30. The molecule has 1 aliphatic carbocycles. The van der Waals surface area contributed by atoms with Gasteiger partial charge in [-0.1, -0.05) is 48.9 Å². The first-order chi connectivity index (χ1) is 12.6. The maximum Gasteiger partial charge on any atom is 0.306 e. The van der Waals surface area contributed by atoms with Gasteiger partial charge in [-0.15, -0.1) is 0 Å². The lowest BCUT2D eigenvalue weighted by Gasteiger charge is -2.37. The van der Waals surface area contributed by atoms with Gasteiger partial charge >= 0.3 is 5.97 Å². The molecule has 0 radical (unpaired) electrons. The van der Waals surface area contributed by atoms with Crippen LogP contribution in [0.15, 0.2) is 36.4 Å². The Balaban J connectivity index is 1.43. The summed E-state index contributed by atoms with van der Waals surface area (Å²) in [6, 6.07) is 10.2. The lowest BCUT2D eigenvalue weighted by Crippen LogP contribution is -2.50. The molecule has 0 aromatic heterocycles. The van der Waals surface area contributed by atoms with Gasteiger partial charge in [-0.2, -0.15) is 0 Å². The summed E-state index contributed by atoms with van der Waals surface area (Å²) in [7, 11) is 0. The van der Waals surface area contributed by atoms with Gasteiger partial charge in [0.15, 0.2) is 0 Å². The number of carbonyl (C=O) groups is 2. The molecule has 1 saturated carbocycles. The van der Waals surface area contributed by atoms with Gasteiger partial charge in [0.2, 0.25) is 5.91 Å². The average molecular weight is 356 g/mol. The molecule has 0 spiro atoms. The molecule has 140 valence electrons. The van der Waals surface area contributed by atoms with E-state index in [2.05, 4.69) is 29.2 Å². The van der Waals surface area contributed by atoms with Crippen molar-refractivity contribution in [3.8, 4) is 0 Å². The third kappa shape index (κ3) is 4.94. The van der Waals surface area contributed by atoms with E-state index in [1.54, 1.807) is 0 Å². The Labute approximate surface area is 155 Å². The van der Waals surface area contributed by atoms with E-state index in [1.807, 2.05) is 23.1 Å². The molecule has 2 fully saturated rings. The largest absolute Gasteiger partial charge is 0.481 e. The molecular formula is C21H28N2O3. The van der Waals surface area contributed by atoms with Crippen molar-refractivity contribution in [2.75, 3.05) is 32.7 Å². The fraction of sp³-hybridized carbons (Fsp3) is 0.524. The first-order valence-electron chi connectivity index (χ1n) is 9.59. The minimum absolute atomic E-state index is 0.102. The number of carboxylic acids is 1. The van der Waals surface area contributed by atoms with E-state index in [4.69, 9.17) is 0 Å². The second kappa shape index (κ2) is 8.99. The first kappa shape index (κ1) is 18.6. The molecule has 1 N–H and O–H groups in total. The number of benzene rings is 1. The van der Waals surface area contributed by atoms with Crippen LogP contribution in [0.2, 0.25) is 0 Å². The average Bonchev–Trinajstić information content (AvgIpc) is 2.69. The molecule has 5 nitrogen and oxygen atoms in total. The van der Waals surface area contributed by atoms with Crippen LogP contribution in [0.1, 0.15) is 31.2 Å². The number of hydrogen-bond acceptors (Lipinski definition) is 3. The highest BCUT2D eigenvalue weighted by Gasteiger charge is 2.34. The van der Waals surface area contributed by atoms with Crippen molar-refractivity contribution < 1.29 is 14.7 Å². The molecule has 0 unspecified atom stereocenters. The summed E-state index contributed by atoms with van der Waals surface area (Å²) >= 11 is 0. The van der Waals surface area contributed by atoms with E-state index >= 15 is 0 Å². The lowest BCUT2D eigenvalue weighted by atomic mass is 9.80. The second-order valence-electron chi connectivity index (χ2n) is 7.34. The van der Waals surface area contributed by atoms with Crippen LogP contribution < -0.4 is 0 Å². The van der Waals surface area contributed by atoms with Crippen LogP contribution in [0.25, 0.3) is 6.08 Å². The van der Waals surface area contributed by atoms with Gasteiger partial charge < -0.3 is 10.0 Å². The van der Waals surface area contributed by atoms with Gasteiger partial charge in [-0.3, -0.25) is 14.5 Å². The Morgan fingerprint density at radius 1 is 1.04 bits per heavy atom. The Bertz CT molecular complexity index is 636. The molecule has 2 aliphatic rings. The summed E-state index contributed by atoms with van der Waals surface area (Å²) in [6.45, 7) is 4.12. The van der Waals surface area contributed by atoms with Crippen LogP contribution in [0.5, 0.6) is 0 Å². The van der Waals surface area contributed by atoms with E-state index in [0.717, 1.165) is 45.6 Å². The minimum atomic E-state index is -0.752. The zero-order valence-electron chi connectivity index (χ0n) is 15.2. The number of carboxylic acid groups (broad SMARTS) is 1. The highest BCUT2D eigenvalue weighted by atomic mass is 16.4. The number of amides is 1. The summed E-state index contributed by atoms with van der Waals surface area (Å²) in [5.74, 6) is -1.04. The molecule has 5 heteroatoms. The monoisotopic (exact) mass is 356 g/mol. The van der Waals surface area contributed by atoms with Crippen molar-refractivity contribution >= 4 is 18.0 Å². The normalized spacial score (nSPS) is 24.7. The molecule has 26 heavy (non-hydrogen) atoms. The summed E-state index contributed by atoms with van der Waals surface area (Å²) in [5, 5.41) is 9.21. The molecule has 3 rings (SSSR count). The van der Waals surface area contributed by atoms with E-state index in [9.17, 15) is 14.7 Å². The van der Waals surface area contributed by atoms with E-state index in [-0.39, 0.29) is 17.7 Å². The fourth-order valence-corrected chi connectivity index (χ4v) is 3.95. The van der Waals surface area contributed by atoms with E-state index < -0.39 is 5.97 Å². The Morgan fingerprint density at radius 2 is 1.73 bits per heavy atom. The molecule has 2 atom stereocenters. The number of carbonyl (C=O) groups excluding carboxylic acids is 1. The molecule has 1 aliphatic heterocycles. The van der Waals surface area contributed by atoms with Gasteiger partial charge in [0, 0.05) is 38.6 Å². The van der Waals surface area contributed by atoms with Crippen LogP contribution in [0, 0.1) is 11.8 Å². The predicted octanol–water partition coefficient (Wildman–Crippen LogP) is 2.74. The van der Waals surface area contributed by atoms with Gasteiger partial charge in [-0.05, 0) is 24.8 Å². The second-order valence-corrected chi connectivity index (χ2v) is 7.34. The zero-order valence-corrected chi connectivity index (χ0v) is 15.2. The van der Waals surface area contributed by atoms with Crippen LogP contribution in [-0.2, 0) is 9.59 Å². The smallest absolute Gasteiger partial charge is 0.306 e. The standard InChI is InChI=1S/C21H28N2O3/c24-20(18-9-4-10-19(16-18)21(25)26)23-14-12-22(13-15-23)11-5-8-17-6-2-1-3-7-17/h1-3,5-8,18-19H,4,9-16H2,(H,25,26)/b8-5+/t18-,19+/m1/s1. The fourth-order valence-electron chi connectivity index (χ4n) is 3.95. The molecule has 1 heterocycles. The van der Waals surface area contributed by atoms with E-state index in [1.165, 1.54) is 5.56 Å². The van der Waals surface area contributed by atoms with Crippen molar-refractivity contribution in [1.29, 1.82) is 0 Å². The number of piperazine rings is 1. The molecule has 1 saturated heterocycles. The van der Waals surface area contributed by atoms with Crippen LogP contribution in [0.4, 0.5) is 0 Å². The summed E-state index contributed by atoms with van der Waals surface area (Å²) in [6.07, 6.45) is 7.20. The highest BCUT2D eigenvalue weighted by molar-refractivity contribution is 5.80. The third-order valence-electron chi connectivity index (χ3n) is 5.53. The van der Waals surface area contributed by atoms with E-state index in [0.29, 0.717) is 12.8 Å². The Morgan fingerprint density at radius 3 is 2.42 bits per heavy atom. The van der Waals surface area contributed by atoms with Gasteiger partial charge in [0.1, 0.15) is 0 Å². The van der Waals surface area contributed by atoms with Crippen molar-refractivity contribution in [3.05, 3.63) is 42.0 Å². The third-order valence-corrected chi connectivity index (χ3v) is 5.53. The topological polar surface area (TPSA) is 60.9 Å². The summed E-state index contributed by atoms with van der Waals surface area (Å²) < 4.78 is 0. The van der Waals surface area contributed by atoms with Crippen LogP contribution >= 0.6 is 0 Å². The number of nitrogens with zero attached hydrogens (tertiary/aromatic N) is 2. The molecule has 0 bridgehead atoms. The van der Waals surface area contributed by atoms with Crippen molar-refractivity contribution in [2.45, 2.75) is 25.7 Å². The first-order valence-corrected chi connectivity index (χ1v) is 9.59. The molecular weight excluding hydrogens is 328 g/mol. The quantitative estimate of drug-likeness (QED) is 0.881. The summed E-state index contributed by atoms with van der Waals surface area (Å²) in [5.41, 5.74) is 1.20. The van der Waals surface area contributed by atoms with Gasteiger partial charge in [0.05, 0.1) is 5.92 Å². The van der Waals surface area contributed by atoms with Gasteiger partial charge in [-0.25, -0.2) is 0 Å². The Kier molecular flexibility index (Phi) is 6.45. The molecule has 1 aromatic rings.